The minimum Gasteiger partial charge on any atom is -0.497 e. The quantitative estimate of drug-likeness (QED) is 0.687. The van der Waals surface area contributed by atoms with Crippen LogP contribution in [0.4, 0.5) is 5.69 Å². The predicted molar refractivity (Wildman–Crippen MR) is 111 cm³/mol. The van der Waals surface area contributed by atoms with Gasteiger partial charge in [-0.15, -0.1) is 16.4 Å². The van der Waals surface area contributed by atoms with Crippen LogP contribution in [0.2, 0.25) is 0 Å². The largest absolute Gasteiger partial charge is 0.497 e. The topological polar surface area (TPSA) is 93.4 Å². The molecule has 1 aromatic carbocycles. The number of hydrogen-bond acceptors (Lipinski definition) is 7. The highest BCUT2D eigenvalue weighted by Crippen LogP contribution is 2.36. The summed E-state index contributed by atoms with van der Waals surface area (Å²) >= 11 is 1.33. The molecule has 0 radical (unpaired) electrons. The molecule has 0 spiro atoms. The Labute approximate surface area is 167 Å². The number of nitrogen functional groups attached to an aromatic ring is 1. The lowest BCUT2D eigenvalue weighted by Crippen LogP contribution is -2.59. The van der Waals surface area contributed by atoms with E-state index in [9.17, 15) is 4.79 Å². The summed E-state index contributed by atoms with van der Waals surface area (Å²) in [6.07, 6.45) is 0. The van der Waals surface area contributed by atoms with E-state index in [0.717, 1.165) is 33.8 Å². The van der Waals surface area contributed by atoms with Gasteiger partial charge in [0, 0.05) is 31.1 Å². The number of nitrogens with two attached hydrogens (primary N) is 1. The number of methoxy groups -OCH3 is 1. The Morgan fingerprint density at radius 1 is 1.29 bits per heavy atom. The number of aryl methyl sites for hydroxylation is 2. The van der Waals surface area contributed by atoms with Gasteiger partial charge < -0.3 is 20.7 Å². The van der Waals surface area contributed by atoms with E-state index in [0.29, 0.717) is 23.7 Å². The zero-order valence-corrected chi connectivity index (χ0v) is 17.0. The molecule has 28 heavy (non-hydrogen) atoms. The van der Waals surface area contributed by atoms with E-state index in [1.165, 1.54) is 16.9 Å². The lowest BCUT2D eigenvalue weighted by atomic mass is 10.1. The predicted octanol–water partition coefficient (Wildman–Crippen LogP) is 2.51. The van der Waals surface area contributed by atoms with Gasteiger partial charge in [0.05, 0.1) is 18.5 Å². The Bertz CT molecular complexity index is 1030. The maximum absolute atomic E-state index is 12.9. The smallest absolute Gasteiger partial charge is 0.266 e. The molecular formula is C20H23N5O2S. The van der Waals surface area contributed by atoms with Crippen LogP contribution in [0.15, 0.2) is 24.3 Å². The van der Waals surface area contributed by atoms with Gasteiger partial charge in [0.15, 0.2) is 0 Å². The fourth-order valence-corrected chi connectivity index (χ4v) is 4.39. The zero-order valence-electron chi connectivity index (χ0n) is 16.2. The fourth-order valence-electron chi connectivity index (χ4n) is 3.32. The highest BCUT2D eigenvalue weighted by Gasteiger charge is 2.33. The number of aromatic nitrogens is 2. The fraction of sp³-hybridized carbons (Fsp3) is 0.350. The van der Waals surface area contributed by atoms with Gasteiger partial charge in [0.25, 0.3) is 5.91 Å². The standard InChI is InChI=1S/C20H23N5O2S/c1-11-12(2)23-24-19-16(11)17(21)18(28-19)20(26)25-9-14(10-25)22-8-13-4-6-15(27-3)7-5-13/h4-7,14,22H,8-10,21H2,1-3H3. The van der Waals surface area contributed by atoms with Gasteiger partial charge in [-0.25, -0.2) is 0 Å². The summed E-state index contributed by atoms with van der Waals surface area (Å²) < 4.78 is 5.17. The molecular weight excluding hydrogens is 374 g/mol. The molecule has 0 bridgehead atoms. The summed E-state index contributed by atoms with van der Waals surface area (Å²) in [4.78, 5) is 16.0. The first kappa shape index (κ1) is 18.6. The molecule has 0 saturated carbocycles. The number of carbonyl (C=O) groups excluding carboxylic acids is 1. The minimum absolute atomic E-state index is 0.0277. The third kappa shape index (κ3) is 3.29. The number of nitrogens with zero attached hydrogens (tertiary/aromatic N) is 3. The highest BCUT2D eigenvalue weighted by atomic mass is 32.1. The van der Waals surface area contributed by atoms with Crippen molar-refractivity contribution < 1.29 is 9.53 Å². The summed E-state index contributed by atoms with van der Waals surface area (Å²) in [5.41, 5.74) is 9.82. The van der Waals surface area contributed by atoms with Gasteiger partial charge in [0.2, 0.25) is 0 Å². The van der Waals surface area contributed by atoms with Gasteiger partial charge in [0.1, 0.15) is 15.5 Å². The van der Waals surface area contributed by atoms with Crippen molar-refractivity contribution in [2.24, 2.45) is 0 Å². The number of anilines is 1. The first-order valence-corrected chi connectivity index (χ1v) is 9.97. The molecule has 0 unspecified atom stereocenters. The number of hydrogen-bond donors (Lipinski definition) is 2. The Morgan fingerprint density at radius 2 is 2.00 bits per heavy atom. The SMILES string of the molecule is COc1ccc(CNC2CN(C(=O)c3sc4nnc(C)c(C)c4c3N)C2)cc1. The maximum Gasteiger partial charge on any atom is 0.266 e. The number of nitrogens with one attached hydrogen (secondary N) is 1. The number of amides is 1. The maximum atomic E-state index is 12.9. The first-order valence-electron chi connectivity index (χ1n) is 9.15. The molecule has 1 aliphatic rings. The Balaban J connectivity index is 1.38. The number of carbonyl (C=O) groups is 1. The van der Waals surface area contributed by atoms with Crippen molar-refractivity contribution >= 4 is 33.1 Å². The number of rotatable bonds is 5. The number of benzene rings is 1. The molecule has 4 rings (SSSR count). The molecule has 7 nitrogen and oxygen atoms in total. The van der Waals surface area contributed by atoms with Crippen LogP contribution in [0.25, 0.3) is 10.2 Å². The van der Waals surface area contributed by atoms with E-state index in [4.69, 9.17) is 10.5 Å². The third-order valence-electron chi connectivity index (χ3n) is 5.25. The molecule has 1 aliphatic heterocycles. The van der Waals surface area contributed by atoms with Crippen LogP contribution in [-0.4, -0.2) is 47.2 Å². The summed E-state index contributed by atoms with van der Waals surface area (Å²) in [6.45, 7) is 5.97. The van der Waals surface area contributed by atoms with Crippen LogP contribution in [0, 0.1) is 13.8 Å². The van der Waals surface area contributed by atoms with E-state index >= 15 is 0 Å². The van der Waals surface area contributed by atoms with Gasteiger partial charge >= 0.3 is 0 Å². The third-order valence-corrected chi connectivity index (χ3v) is 6.33. The second-order valence-electron chi connectivity index (χ2n) is 7.07. The zero-order chi connectivity index (χ0) is 19.8. The van der Waals surface area contributed by atoms with E-state index in [1.807, 2.05) is 43.0 Å². The molecule has 1 fully saturated rings. The summed E-state index contributed by atoms with van der Waals surface area (Å²) in [5, 5.41) is 12.7. The monoisotopic (exact) mass is 397 g/mol. The van der Waals surface area contributed by atoms with Crippen molar-refractivity contribution in [3.63, 3.8) is 0 Å². The summed E-state index contributed by atoms with van der Waals surface area (Å²) in [6, 6.07) is 8.26. The van der Waals surface area contributed by atoms with Crippen LogP contribution >= 0.6 is 11.3 Å². The van der Waals surface area contributed by atoms with Crippen LogP contribution < -0.4 is 15.8 Å². The number of likely N-dealkylation sites (tertiary alicyclic amines) is 1. The minimum atomic E-state index is -0.0277. The second-order valence-corrected chi connectivity index (χ2v) is 8.07. The Hall–Kier alpha value is -2.71. The highest BCUT2D eigenvalue weighted by molar-refractivity contribution is 7.21. The number of fused-ring (bicyclic) bond motifs is 1. The Morgan fingerprint density at radius 3 is 2.68 bits per heavy atom. The normalized spacial score (nSPS) is 14.3. The van der Waals surface area contributed by atoms with E-state index in [1.54, 1.807) is 7.11 Å². The summed E-state index contributed by atoms with van der Waals surface area (Å²) in [5.74, 6) is 0.820. The van der Waals surface area contributed by atoms with E-state index in [2.05, 4.69) is 15.5 Å². The second kappa shape index (κ2) is 7.37. The van der Waals surface area contributed by atoms with Gasteiger partial charge in [-0.2, -0.15) is 5.10 Å². The van der Waals surface area contributed by atoms with Crippen LogP contribution in [0.3, 0.4) is 0 Å². The van der Waals surface area contributed by atoms with Gasteiger partial charge in [-0.05, 0) is 37.1 Å². The molecule has 3 N–H and O–H groups in total. The molecule has 1 saturated heterocycles. The Kier molecular flexibility index (Phi) is 4.91. The van der Waals surface area contributed by atoms with Crippen LogP contribution in [0.1, 0.15) is 26.5 Å². The van der Waals surface area contributed by atoms with Crippen molar-refractivity contribution in [2.45, 2.75) is 26.4 Å². The lowest BCUT2D eigenvalue weighted by molar-refractivity contribution is 0.0572. The molecule has 0 aliphatic carbocycles. The van der Waals surface area contributed by atoms with Crippen molar-refractivity contribution in [3.05, 3.63) is 46.0 Å². The van der Waals surface area contributed by atoms with Crippen molar-refractivity contribution in [1.82, 2.24) is 20.4 Å². The van der Waals surface area contributed by atoms with Gasteiger partial charge in [-0.1, -0.05) is 12.1 Å². The molecule has 3 heterocycles. The molecule has 1 amide bonds. The van der Waals surface area contributed by atoms with E-state index < -0.39 is 0 Å². The molecule has 3 aromatic rings. The van der Waals surface area contributed by atoms with Crippen LogP contribution in [0.5, 0.6) is 5.75 Å². The molecule has 8 heteroatoms. The average Bonchev–Trinajstić information content (AvgIpc) is 3.01. The van der Waals surface area contributed by atoms with Gasteiger partial charge in [-0.3, -0.25) is 4.79 Å². The van der Waals surface area contributed by atoms with Crippen molar-refractivity contribution in [1.29, 1.82) is 0 Å². The van der Waals surface area contributed by atoms with Crippen molar-refractivity contribution in [2.75, 3.05) is 25.9 Å². The van der Waals surface area contributed by atoms with Crippen molar-refractivity contribution in [3.8, 4) is 5.75 Å². The number of ether oxygens (including phenoxy) is 1. The molecule has 0 atom stereocenters. The lowest BCUT2D eigenvalue weighted by Gasteiger charge is -2.39. The first-order chi connectivity index (χ1) is 13.5. The number of thiophene rings is 1. The van der Waals surface area contributed by atoms with Crippen LogP contribution in [-0.2, 0) is 6.54 Å². The molecule has 2 aromatic heterocycles. The molecule has 146 valence electrons. The van der Waals surface area contributed by atoms with E-state index in [-0.39, 0.29) is 11.9 Å². The summed E-state index contributed by atoms with van der Waals surface area (Å²) in [7, 11) is 1.66. The average molecular weight is 398 g/mol.